The van der Waals surface area contributed by atoms with E-state index in [4.69, 9.17) is 9.47 Å². The van der Waals surface area contributed by atoms with Crippen molar-refractivity contribution in [2.75, 3.05) is 7.11 Å². The monoisotopic (exact) mass is 462 g/mol. The Kier molecular flexibility index (Phi) is 5.57. The highest BCUT2D eigenvalue weighted by Crippen LogP contribution is 2.65. The van der Waals surface area contributed by atoms with Gasteiger partial charge in [-0.3, -0.25) is 9.59 Å². The van der Waals surface area contributed by atoms with Crippen molar-refractivity contribution in [3.05, 3.63) is 53.6 Å². The first-order chi connectivity index (χ1) is 16.2. The van der Waals surface area contributed by atoms with Crippen molar-refractivity contribution in [3.63, 3.8) is 0 Å². The number of esters is 1. The Morgan fingerprint density at radius 2 is 1.94 bits per heavy atom. The summed E-state index contributed by atoms with van der Waals surface area (Å²) in [6, 6.07) is 7.04. The molecular weight excluding hydrogens is 428 g/mol. The van der Waals surface area contributed by atoms with E-state index in [-0.39, 0.29) is 52.2 Å². The Morgan fingerprint density at radius 1 is 1.15 bits per heavy atom. The summed E-state index contributed by atoms with van der Waals surface area (Å²) in [5.41, 5.74) is 1.07. The molecular formula is C29H34O5. The van der Waals surface area contributed by atoms with Gasteiger partial charge in [-0.1, -0.05) is 32.1 Å². The van der Waals surface area contributed by atoms with Crippen LogP contribution in [-0.4, -0.2) is 30.7 Å². The fourth-order valence-corrected chi connectivity index (χ4v) is 7.83. The van der Waals surface area contributed by atoms with Crippen molar-refractivity contribution in [2.24, 2.45) is 34.5 Å². The molecule has 0 spiro atoms. The number of fused-ring (bicyclic) bond motifs is 5. The van der Waals surface area contributed by atoms with Gasteiger partial charge in [0.2, 0.25) is 0 Å². The van der Waals surface area contributed by atoms with Crippen molar-refractivity contribution in [1.82, 2.24) is 0 Å². The molecule has 0 N–H and O–H groups in total. The minimum Gasteiger partial charge on any atom is -0.497 e. The lowest BCUT2D eigenvalue weighted by Gasteiger charge is -2.58. The van der Waals surface area contributed by atoms with Gasteiger partial charge < -0.3 is 9.47 Å². The average molecular weight is 463 g/mol. The molecule has 34 heavy (non-hydrogen) atoms. The van der Waals surface area contributed by atoms with E-state index in [1.54, 1.807) is 44.4 Å². The standard InChI is InChI=1S/C29H34O5/c1-17(30)23-10-11-24-22-9-8-19-15-20(31)12-13-28(19,2)26(22)25(16-29(23,24)3)34-27(32)18-6-5-7-21(14-18)33-4/h5-9,14-15,22-26H,10-13,16H2,1-4H3/t22-,23+,24-,25-,26-,28+,29+/m0/s1. The number of hydrogen-bond donors (Lipinski definition) is 0. The summed E-state index contributed by atoms with van der Waals surface area (Å²) in [4.78, 5) is 38.2. The van der Waals surface area contributed by atoms with Crippen LogP contribution in [0.15, 0.2) is 48.1 Å². The number of ether oxygens (including phenoxy) is 2. The number of allylic oxidation sites excluding steroid dienone is 4. The smallest absolute Gasteiger partial charge is 0.338 e. The maximum absolute atomic E-state index is 13.4. The van der Waals surface area contributed by atoms with E-state index in [1.807, 2.05) is 0 Å². The first-order valence-corrected chi connectivity index (χ1v) is 12.5. The quantitative estimate of drug-likeness (QED) is 0.565. The van der Waals surface area contributed by atoms with Crippen molar-refractivity contribution >= 4 is 17.5 Å². The number of Topliss-reactive ketones (excluding diaryl/α,β-unsaturated/α-hetero) is 1. The van der Waals surface area contributed by atoms with Gasteiger partial charge in [-0.05, 0) is 85.1 Å². The van der Waals surface area contributed by atoms with Crippen LogP contribution in [0.3, 0.4) is 0 Å². The van der Waals surface area contributed by atoms with E-state index in [2.05, 4.69) is 26.0 Å². The summed E-state index contributed by atoms with van der Waals surface area (Å²) in [6.07, 6.45) is 9.68. The molecule has 0 aromatic heterocycles. The molecule has 0 amide bonds. The zero-order valence-electron chi connectivity index (χ0n) is 20.5. The molecule has 2 fully saturated rings. The Hall–Kier alpha value is -2.69. The van der Waals surface area contributed by atoms with Crippen LogP contribution in [0.5, 0.6) is 5.75 Å². The molecule has 0 unspecified atom stereocenters. The third-order valence-electron chi connectivity index (χ3n) is 9.49. The largest absolute Gasteiger partial charge is 0.497 e. The highest BCUT2D eigenvalue weighted by molar-refractivity contribution is 5.92. The van der Waals surface area contributed by atoms with Crippen molar-refractivity contribution < 1.29 is 23.9 Å². The van der Waals surface area contributed by atoms with Gasteiger partial charge >= 0.3 is 5.97 Å². The highest BCUT2D eigenvalue weighted by Gasteiger charge is 2.63. The van der Waals surface area contributed by atoms with Gasteiger partial charge in [0.15, 0.2) is 5.78 Å². The Balaban J connectivity index is 1.56. The number of rotatable bonds is 4. The molecule has 0 saturated heterocycles. The minimum atomic E-state index is -0.363. The molecule has 0 radical (unpaired) electrons. The number of ketones is 2. The zero-order valence-corrected chi connectivity index (χ0v) is 20.5. The van der Waals surface area contributed by atoms with Gasteiger partial charge in [0, 0.05) is 18.3 Å². The second kappa shape index (κ2) is 8.21. The summed E-state index contributed by atoms with van der Waals surface area (Å²) < 4.78 is 11.6. The number of carbonyl (C=O) groups is 3. The number of benzene rings is 1. The number of carbonyl (C=O) groups excluding carboxylic acids is 3. The number of hydrogen-bond acceptors (Lipinski definition) is 5. The second-order valence-electron chi connectivity index (χ2n) is 11.2. The van der Waals surface area contributed by atoms with E-state index < -0.39 is 0 Å². The van der Waals surface area contributed by atoms with Crippen LogP contribution >= 0.6 is 0 Å². The molecule has 5 heteroatoms. The van der Waals surface area contributed by atoms with Crippen LogP contribution in [0.2, 0.25) is 0 Å². The molecule has 4 aliphatic rings. The van der Waals surface area contributed by atoms with Gasteiger partial charge in [-0.25, -0.2) is 4.79 Å². The van der Waals surface area contributed by atoms with Crippen molar-refractivity contribution in [1.29, 1.82) is 0 Å². The minimum absolute atomic E-state index is 0.0115. The fraction of sp³-hybridized carbons (Fsp3) is 0.552. The van der Waals surface area contributed by atoms with Gasteiger partial charge in [0.05, 0.1) is 12.7 Å². The Bertz CT molecular complexity index is 1100. The predicted molar refractivity (Wildman–Crippen MR) is 128 cm³/mol. The zero-order chi connectivity index (χ0) is 24.3. The SMILES string of the molecule is COc1cccc(C(=O)O[C@H]2C[C@]3(C)[C@@H](C(C)=O)CC[C@H]3[C@@H]3C=CC4=CC(=O)CC[C@@]4(C)[C@@H]32)c1. The first kappa shape index (κ1) is 23.1. The van der Waals surface area contributed by atoms with Crippen LogP contribution in [0.1, 0.15) is 63.2 Å². The summed E-state index contributed by atoms with van der Waals surface area (Å²) >= 11 is 0. The van der Waals surface area contributed by atoms with Crippen LogP contribution in [0, 0.1) is 34.5 Å². The normalized spacial score (nSPS) is 38.3. The van der Waals surface area contributed by atoms with Crippen LogP contribution in [0.4, 0.5) is 0 Å². The highest BCUT2D eigenvalue weighted by atomic mass is 16.5. The van der Waals surface area contributed by atoms with Crippen LogP contribution in [-0.2, 0) is 14.3 Å². The topological polar surface area (TPSA) is 69.7 Å². The molecule has 1 aromatic rings. The van der Waals surface area contributed by atoms with Gasteiger partial charge in [-0.15, -0.1) is 0 Å². The van der Waals surface area contributed by atoms with E-state index in [0.717, 1.165) is 24.8 Å². The molecule has 1 aromatic carbocycles. The average Bonchev–Trinajstić information content (AvgIpc) is 3.16. The molecule has 5 rings (SSSR count). The summed E-state index contributed by atoms with van der Waals surface area (Å²) in [5, 5.41) is 0. The molecule has 0 aliphatic heterocycles. The van der Waals surface area contributed by atoms with Gasteiger partial charge in [-0.2, -0.15) is 0 Å². The Labute approximate surface area is 201 Å². The van der Waals surface area contributed by atoms with Gasteiger partial charge in [0.25, 0.3) is 0 Å². The molecule has 0 bridgehead atoms. The first-order valence-electron chi connectivity index (χ1n) is 12.5. The third kappa shape index (κ3) is 3.47. The fourth-order valence-electron chi connectivity index (χ4n) is 7.83. The molecule has 180 valence electrons. The molecule has 4 aliphatic carbocycles. The van der Waals surface area contributed by atoms with E-state index in [1.165, 1.54) is 0 Å². The maximum Gasteiger partial charge on any atom is 0.338 e. The van der Waals surface area contributed by atoms with Crippen molar-refractivity contribution in [3.8, 4) is 5.75 Å². The number of methoxy groups -OCH3 is 1. The van der Waals surface area contributed by atoms with E-state index in [0.29, 0.717) is 30.1 Å². The van der Waals surface area contributed by atoms with Crippen LogP contribution in [0.25, 0.3) is 0 Å². The lowest BCUT2D eigenvalue weighted by Crippen LogP contribution is -2.56. The van der Waals surface area contributed by atoms with E-state index in [9.17, 15) is 14.4 Å². The Morgan fingerprint density at radius 3 is 2.68 bits per heavy atom. The summed E-state index contributed by atoms with van der Waals surface area (Å²) in [6.45, 7) is 6.16. The maximum atomic E-state index is 13.4. The lowest BCUT2D eigenvalue weighted by atomic mass is 9.47. The molecule has 0 heterocycles. The predicted octanol–water partition coefficient (Wildman–Crippen LogP) is 5.34. The van der Waals surface area contributed by atoms with Gasteiger partial charge in [0.1, 0.15) is 17.6 Å². The van der Waals surface area contributed by atoms with E-state index >= 15 is 0 Å². The summed E-state index contributed by atoms with van der Waals surface area (Å²) in [5.74, 6) is 1.29. The summed E-state index contributed by atoms with van der Waals surface area (Å²) in [7, 11) is 1.58. The second-order valence-corrected chi connectivity index (χ2v) is 11.2. The van der Waals surface area contributed by atoms with Crippen LogP contribution < -0.4 is 4.74 Å². The lowest BCUT2D eigenvalue weighted by molar-refractivity contribution is -0.135. The molecule has 5 nitrogen and oxygen atoms in total. The third-order valence-corrected chi connectivity index (χ3v) is 9.49. The van der Waals surface area contributed by atoms with Crippen molar-refractivity contribution in [2.45, 2.75) is 59.0 Å². The molecule has 2 saturated carbocycles. The molecule has 7 atom stereocenters.